The SMILES string of the molecule is O=C(CC1CCCC1)NCc1cccc(N2CCOCC2)n1. The molecule has 5 nitrogen and oxygen atoms in total. The zero-order valence-corrected chi connectivity index (χ0v) is 13.1. The van der Waals surface area contributed by atoms with Crippen molar-refractivity contribution >= 4 is 11.7 Å². The van der Waals surface area contributed by atoms with Crippen LogP contribution in [-0.2, 0) is 16.1 Å². The summed E-state index contributed by atoms with van der Waals surface area (Å²) < 4.78 is 5.37. The summed E-state index contributed by atoms with van der Waals surface area (Å²) in [6.07, 6.45) is 5.64. The molecule has 5 heteroatoms. The highest BCUT2D eigenvalue weighted by atomic mass is 16.5. The summed E-state index contributed by atoms with van der Waals surface area (Å²) in [5.74, 6) is 1.73. The number of amides is 1. The van der Waals surface area contributed by atoms with Crippen LogP contribution in [0.2, 0.25) is 0 Å². The number of morpholine rings is 1. The van der Waals surface area contributed by atoms with Crippen LogP contribution in [0.4, 0.5) is 5.82 Å². The Balaban J connectivity index is 1.50. The van der Waals surface area contributed by atoms with Gasteiger partial charge in [0.25, 0.3) is 0 Å². The molecule has 1 aromatic heterocycles. The quantitative estimate of drug-likeness (QED) is 0.905. The van der Waals surface area contributed by atoms with Crippen LogP contribution in [0, 0.1) is 5.92 Å². The van der Waals surface area contributed by atoms with Gasteiger partial charge in [-0.25, -0.2) is 4.98 Å². The van der Waals surface area contributed by atoms with E-state index in [1.807, 2.05) is 18.2 Å². The Morgan fingerprint density at radius 1 is 1.27 bits per heavy atom. The fourth-order valence-electron chi connectivity index (χ4n) is 3.27. The first-order valence-electron chi connectivity index (χ1n) is 8.36. The monoisotopic (exact) mass is 303 g/mol. The summed E-state index contributed by atoms with van der Waals surface area (Å²) in [6.45, 7) is 3.78. The minimum atomic E-state index is 0.158. The Morgan fingerprint density at radius 2 is 2.05 bits per heavy atom. The molecule has 22 heavy (non-hydrogen) atoms. The molecule has 1 saturated carbocycles. The Kier molecular flexibility index (Phi) is 5.27. The number of pyridine rings is 1. The number of nitrogens with one attached hydrogen (secondary N) is 1. The van der Waals surface area contributed by atoms with E-state index >= 15 is 0 Å². The Bertz CT molecular complexity index is 494. The van der Waals surface area contributed by atoms with Crippen molar-refractivity contribution < 1.29 is 9.53 Å². The maximum Gasteiger partial charge on any atom is 0.220 e. The molecule has 0 spiro atoms. The zero-order chi connectivity index (χ0) is 15.2. The van der Waals surface area contributed by atoms with Gasteiger partial charge in [-0.3, -0.25) is 4.79 Å². The van der Waals surface area contributed by atoms with E-state index < -0.39 is 0 Å². The molecule has 1 amide bonds. The predicted molar refractivity (Wildman–Crippen MR) is 85.7 cm³/mol. The number of aromatic nitrogens is 1. The highest BCUT2D eigenvalue weighted by Gasteiger charge is 2.18. The number of hydrogen-bond acceptors (Lipinski definition) is 4. The molecule has 1 aliphatic heterocycles. The molecule has 0 aromatic carbocycles. The molecule has 0 unspecified atom stereocenters. The van der Waals surface area contributed by atoms with E-state index in [0.29, 0.717) is 18.9 Å². The number of carbonyl (C=O) groups excluding carboxylic acids is 1. The lowest BCUT2D eigenvalue weighted by Gasteiger charge is -2.28. The third-order valence-corrected chi connectivity index (χ3v) is 4.54. The van der Waals surface area contributed by atoms with Gasteiger partial charge >= 0.3 is 0 Å². The second kappa shape index (κ2) is 7.58. The summed E-state index contributed by atoms with van der Waals surface area (Å²) in [6, 6.07) is 6.01. The molecule has 2 aliphatic rings. The molecule has 0 bridgehead atoms. The van der Waals surface area contributed by atoms with Gasteiger partial charge in [0, 0.05) is 19.5 Å². The van der Waals surface area contributed by atoms with Crippen molar-refractivity contribution in [3.63, 3.8) is 0 Å². The van der Waals surface area contributed by atoms with Crippen LogP contribution in [0.3, 0.4) is 0 Å². The van der Waals surface area contributed by atoms with Gasteiger partial charge in [0.15, 0.2) is 0 Å². The van der Waals surface area contributed by atoms with Gasteiger partial charge < -0.3 is 15.0 Å². The number of carbonyl (C=O) groups is 1. The number of anilines is 1. The first-order chi connectivity index (χ1) is 10.8. The van der Waals surface area contributed by atoms with Crippen molar-refractivity contribution in [2.45, 2.75) is 38.6 Å². The lowest BCUT2D eigenvalue weighted by Crippen LogP contribution is -2.37. The van der Waals surface area contributed by atoms with E-state index in [1.54, 1.807) is 0 Å². The molecule has 120 valence electrons. The van der Waals surface area contributed by atoms with Crippen LogP contribution in [0.1, 0.15) is 37.8 Å². The second-order valence-electron chi connectivity index (χ2n) is 6.22. The van der Waals surface area contributed by atoms with E-state index in [9.17, 15) is 4.79 Å². The summed E-state index contributed by atoms with van der Waals surface area (Å²) in [7, 11) is 0. The molecule has 2 fully saturated rings. The third kappa shape index (κ3) is 4.19. The van der Waals surface area contributed by atoms with Crippen LogP contribution in [0.25, 0.3) is 0 Å². The molecule has 1 saturated heterocycles. The van der Waals surface area contributed by atoms with Crippen molar-refractivity contribution in [2.75, 3.05) is 31.2 Å². The average molecular weight is 303 g/mol. The van der Waals surface area contributed by atoms with Crippen LogP contribution in [0.15, 0.2) is 18.2 Å². The molecule has 2 heterocycles. The second-order valence-corrected chi connectivity index (χ2v) is 6.22. The lowest BCUT2D eigenvalue weighted by molar-refractivity contribution is -0.122. The highest BCUT2D eigenvalue weighted by Crippen LogP contribution is 2.27. The summed E-state index contributed by atoms with van der Waals surface area (Å²) in [4.78, 5) is 18.9. The molecule has 1 aliphatic carbocycles. The van der Waals surface area contributed by atoms with E-state index in [1.165, 1.54) is 25.7 Å². The van der Waals surface area contributed by atoms with Gasteiger partial charge in [-0.2, -0.15) is 0 Å². The zero-order valence-electron chi connectivity index (χ0n) is 13.1. The van der Waals surface area contributed by atoms with Gasteiger partial charge in [0.2, 0.25) is 5.91 Å². The normalized spacial score (nSPS) is 19.4. The van der Waals surface area contributed by atoms with Crippen molar-refractivity contribution in [1.82, 2.24) is 10.3 Å². The van der Waals surface area contributed by atoms with Crippen molar-refractivity contribution in [2.24, 2.45) is 5.92 Å². The third-order valence-electron chi connectivity index (χ3n) is 4.54. The number of hydrogen-bond donors (Lipinski definition) is 1. The van der Waals surface area contributed by atoms with Crippen LogP contribution >= 0.6 is 0 Å². The van der Waals surface area contributed by atoms with E-state index in [-0.39, 0.29) is 5.91 Å². The number of rotatable bonds is 5. The van der Waals surface area contributed by atoms with E-state index in [4.69, 9.17) is 4.74 Å². The molecule has 3 rings (SSSR count). The maximum atomic E-state index is 12.0. The largest absolute Gasteiger partial charge is 0.378 e. The van der Waals surface area contributed by atoms with Crippen LogP contribution < -0.4 is 10.2 Å². The fourth-order valence-corrected chi connectivity index (χ4v) is 3.27. The molecule has 0 radical (unpaired) electrons. The topological polar surface area (TPSA) is 54.5 Å². The van der Waals surface area contributed by atoms with Crippen molar-refractivity contribution in [1.29, 1.82) is 0 Å². The van der Waals surface area contributed by atoms with Gasteiger partial charge in [-0.1, -0.05) is 18.9 Å². The van der Waals surface area contributed by atoms with E-state index in [2.05, 4.69) is 15.2 Å². The predicted octanol–water partition coefficient (Wildman–Crippen LogP) is 2.11. The molecule has 1 aromatic rings. The summed E-state index contributed by atoms with van der Waals surface area (Å²) >= 11 is 0. The summed E-state index contributed by atoms with van der Waals surface area (Å²) in [5, 5.41) is 3.01. The summed E-state index contributed by atoms with van der Waals surface area (Å²) in [5.41, 5.74) is 0.920. The van der Waals surface area contributed by atoms with Gasteiger partial charge in [-0.05, 0) is 30.9 Å². The van der Waals surface area contributed by atoms with Crippen molar-refractivity contribution in [3.05, 3.63) is 23.9 Å². The Labute approximate surface area is 132 Å². The smallest absolute Gasteiger partial charge is 0.220 e. The number of ether oxygens (including phenoxy) is 1. The van der Waals surface area contributed by atoms with Crippen molar-refractivity contribution in [3.8, 4) is 0 Å². The van der Waals surface area contributed by atoms with Gasteiger partial charge in [0.1, 0.15) is 5.82 Å². The first-order valence-corrected chi connectivity index (χ1v) is 8.36. The highest BCUT2D eigenvalue weighted by molar-refractivity contribution is 5.76. The molecular formula is C17H25N3O2. The van der Waals surface area contributed by atoms with Crippen LogP contribution in [0.5, 0.6) is 0 Å². The Hall–Kier alpha value is -1.62. The minimum absolute atomic E-state index is 0.158. The average Bonchev–Trinajstić information content (AvgIpc) is 3.07. The van der Waals surface area contributed by atoms with Crippen LogP contribution in [-0.4, -0.2) is 37.2 Å². The molecule has 1 N–H and O–H groups in total. The molecular weight excluding hydrogens is 278 g/mol. The fraction of sp³-hybridized carbons (Fsp3) is 0.647. The first kappa shape index (κ1) is 15.3. The Morgan fingerprint density at radius 3 is 2.82 bits per heavy atom. The number of nitrogens with zero attached hydrogens (tertiary/aromatic N) is 2. The van der Waals surface area contributed by atoms with Gasteiger partial charge in [-0.15, -0.1) is 0 Å². The van der Waals surface area contributed by atoms with Gasteiger partial charge in [0.05, 0.1) is 25.5 Å². The van der Waals surface area contributed by atoms with E-state index in [0.717, 1.165) is 37.8 Å². The lowest BCUT2D eigenvalue weighted by atomic mass is 10.0. The standard InChI is InChI=1S/C17H25N3O2/c21-17(12-14-4-1-2-5-14)18-13-15-6-3-7-16(19-15)20-8-10-22-11-9-20/h3,6-7,14H,1-2,4-5,8-13H2,(H,18,21). The minimum Gasteiger partial charge on any atom is -0.378 e. The molecule has 0 atom stereocenters. The maximum absolute atomic E-state index is 12.0.